The second kappa shape index (κ2) is 5.76. The van der Waals surface area contributed by atoms with Crippen molar-refractivity contribution in [2.75, 3.05) is 0 Å². The van der Waals surface area contributed by atoms with Crippen LogP contribution in [-0.2, 0) is 9.59 Å². The largest absolute Gasteiger partial charge is 0.481 e. The van der Waals surface area contributed by atoms with Gasteiger partial charge in [0, 0.05) is 11.9 Å². The molecule has 1 heterocycles. The van der Waals surface area contributed by atoms with E-state index >= 15 is 0 Å². The van der Waals surface area contributed by atoms with Crippen LogP contribution in [0, 0.1) is 6.92 Å². The Kier molecular flexibility index (Phi) is 4.36. The minimum atomic E-state index is -1.46. The third-order valence-corrected chi connectivity index (χ3v) is 2.16. The second-order valence-electron chi connectivity index (χ2n) is 3.65. The quantitative estimate of drug-likeness (QED) is 0.681. The topological polar surface area (TPSA) is 117 Å². The molecule has 1 atom stereocenters. The van der Waals surface area contributed by atoms with Crippen molar-refractivity contribution in [1.29, 1.82) is 0 Å². The number of aromatic nitrogens is 1. The molecule has 0 spiro atoms. The van der Waals surface area contributed by atoms with Gasteiger partial charge in [-0.05, 0) is 19.1 Å². The normalized spacial score (nSPS) is 11.6. The second-order valence-corrected chi connectivity index (χ2v) is 3.65. The van der Waals surface area contributed by atoms with E-state index in [1.165, 1.54) is 12.3 Å². The standard InChI is InChI=1S/C11H12N2O5/c1-6-2-3-7(5-12-6)10(16)13-8(11(17)18)4-9(14)15/h2-3,5,8H,4H2,1H3,(H,13,16)(H,14,15)(H,17,18)/t8-/m0/s1. The van der Waals surface area contributed by atoms with E-state index in [0.717, 1.165) is 0 Å². The number of aliphatic carboxylic acids is 2. The summed E-state index contributed by atoms with van der Waals surface area (Å²) in [5.41, 5.74) is 0.893. The van der Waals surface area contributed by atoms with E-state index < -0.39 is 30.3 Å². The maximum Gasteiger partial charge on any atom is 0.326 e. The molecule has 0 aliphatic heterocycles. The lowest BCUT2D eigenvalue weighted by Crippen LogP contribution is -2.42. The van der Waals surface area contributed by atoms with Gasteiger partial charge in [-0.1, -0.05) is 0 Å². The van der Waals surface area contributed by atoms with Gasteiger partial charge in [0.15, 0.2) is 0 Å². The summed E-state index contributed by atoms with van der Waals surface area (Å²) in [7, 11) is 0. The third kappa shape index (κ3) is 3.85. The number of hydrogen-bond acceptors (Lipinski definition) is 4. The Bertz CT molecular complexity index is 469. The summed E-state index contributed by atoms with van der Waals surface area (Å²) in [6.07, 6.45) is 0.616. The van der Waals surface area contributed by atoms with Crippen LogP contribution in [0.25, 0.3) is 0 Å². The fraction of sp³-hybridized carbons (Fsp3) is 0.273. The number of carboxylic acids is 2. The highest BCUT2D eigenvalue weighted by Crippen LogP contribution is 2.01. The maximum atomic E-state index is 11.6. The van der Waals surface area contributed by atoms with Gasteiger partial charge in [0.1, 0.15) is 6.04 Å². The Balaban J connectivity index is 2.75. The molecule has 0 aliphatic carbocycles. The first kappa shape index (κ1) is 13.6. The average molecular weight is 252 g/mol. The molecule has 0 aromatic carbocycles. The molecule has 0 saturated carbocycles. The Morgan fingerprint density at radius 3 is 2.44 bits per heavy atom. The maximum absolute atomic E-state index is 11.6. The van der Waals surface area contributed by atoms with Gasteiger partial charge in [-0.3, -0.25) is 14.6 Å². The van der Waals surface area contributed by atoms with Crippen molar-refractivity contribution < 1.29 is 24.6 Å². The first-order valence-corrected chi connectivity index (χ1v) is 5.08. The van der Waals surface area contributed by atoms with Gasteiger partial charge in [0.2, 0.25) is 0 Å². The summed E-state index contributed by atoms with van der Waals surface area (Å²) in [5.74, 6) is -3.37. The van der Waals surface area contributed by atoms with Gasteiger partial charge >= 0.3 is 11.9 Å². The number of nitrogens with zero attached hydrogens (tertiary/aromatic N) is 1. The molecular formula is C11H12N2O5. The van der Waals surface area contributed by atoms with E-state index in [2.05, 4.69) is 10.3 Å². The fourth-order valence-corrected chi connectivity index (χ4v) is 1.22. The SMILES string of the molecule is Cc1ccc(C(=O)N[C@@H](CC(=O)O)C(=O)O)cn1. The Morgan fingerprint density at radius 2 is 2.00 bits per heavy atom. The minimum Gasteiger partial charge on any atom is -0.481 e. The highest BCUT2D eigenvalue weighted by molar-refractivity contribution is 5.97. The molecule has 0 aliphatic rings. The van der Waals surface area contributed by atoms with Crippen molar-refractivity contribution in [3.63, 3.8) is 0 Å². The fourth-order valence-electron chi connectivity index (χ4n) is 1.22. The van der Waals surface area contributed by atoms with Gasteiger partial charge in [0.25, 0.3) is 5.91 Å². The van der Waals surface area contributed by atoms with Crippen LogP contribution in [0.15, 0.2) is 18.3 Å². The van der Waals surface area contributed by atoms with E-state index in [9.17, 15) is 14.4 Å². The third-order valence-electron chi connectivity index (χ3n) is 2.16. The van der Waals surface area contributed by atoms with Gasteiger partial charge in [-0.25, -0.2) is 4.79 Å². The molecule has 3 N–H and O–H groups in total. The minimum absolute atomic E-state index is 0.178. The summed E-state index contributed by atoms with van der Waals surface area (Å²) in [6.45, 7) is 1.74. The molecule has 7 nitrogen and oxygen atoms in total. The van der Waals surface area contributed by atoms with Crippen LogP contribution < -0.4 is 5.32 Å². The molecule has 1 rings (SSSR count). The summed E-state index contributed by atoms with van der Waals surface area (Å²) in [6, 6.07) is 1.62. The highest BCUT2D eigenvalue weighted by atomic mass is 16.4. The Hall–Kier alpha value is -2.44. The number of carbonyl (C=O) groups excluding carboxylic acids is 1. The van der Waals surface area contributed by atoms with Crippen LogP contribution in [0.4, 0.5) is 0 Å². The molecule has 18 heavy (non-hydrogen) atoms. The van der Waals surface area contributed by atoms with Gasteiger partial charge in [-0.2, -0.15) is 0 Å². The molecule has 7 heteroatoms. The van der Waals surface area contributed by atoms with Gasteiger partial charge in [-0.15, -0.1) is 0 Å². The molecule has 0 unspecified atom stereocenters. The zero-order valence-electron chi connectivity index (χ0n) is 9.58. The van der Waals surface area contributed by atoms with Crippen molar-refractivity contribution >= 4 is 17.8 Å². The first-order valence-electron chi connectivity index (χ1n) is 5.08. The van der Waals surface area contributed by atoms with E-state index in [-0.39, 0.29) is 5.56 Å². The van der Waals surface area contributed by atoms with Crippen molar-refractivity contribution in [1.82, 2.24) is 10.3 Å². The number of carboxylic acid groups (broad SMARTS) is 2. The number of amides is 1. The summed E-state index contributed by atoms with van der Waals surface area (Å²) >= 11 is 0. The van der Waals surface area contributed by atoms with Gasteiger partial charge in [0.05, 0.1) is 12.0 Å². The lowest BCUT2D eigenvalue weighted by molar-refractivity contribution is -0.145. The molecule has 0 fully saturated rings. The van der Waals surface area contributed by atoms with Crippen LogP contribution in [0.5, 0.6) is 0 Å². The predicted octanol–water partition coefficient (Wildman–Crippen LogP) is 0.0477. The Labute approximate surface area is 102 Å². The lowest BCUT2D eigenvalue weighted by atomic mass is 10.2. The highest BCUT2D eigenvalue weighted by Gasteiger charge is 2.23. The molecule has 96 valence electrons. The molecule has 1 aromatic heterocycles. The monoisotopic (exact) mass is 252 g/mol. The Morgan fingerprint density at radius 1 is 1.33 bits per heavy atom. The molecule has 0 saturated heterocycles. The zero-order valence-corrected chi connectivity index (χ0v) is 9.58. The smallest absolute Gasteiger partial charge is 0.326 e. The average Bonchev–Trinajstić information content (AvgIpc) is 2.28. The summed E-state index contributed by atoms with van der Waals surface area (Å²) < 4.78 is 0. The summed E-state index contributed by atoms with van der Waals surface area (Å²) in [5, 5.41) is 19.4. The lowest BCUT2D eigenvalue weighted by Gasteiger charge is -2.12. The van der Waals surface area contributed by atoms with E-state index in [1.54, 1.807) is 13.0 Å². The predicted molar refractivity (Wildman–Crippen MR) is 60.1 cm³/mol. The van der Waals surface area contributed by atoms with Crippen LogP contribution in [0.1, 0.15) is 22.5 Å². The van der Waals surface area contributed by atoms with Crippen LogP contribution in [-0.4, -0.2) is 39.1 Å². The van der Waals surface area contributed by atoms with Crippen molar-refractivity contribution in [3.05, 3.63) is 29.6 Å². The van der Waals surface area contributed by atoms with Crippen LogP contribution in [0.3, 0.4) is 0 Å². The van der Waals surface area contributed by atoms with Crippen molar-refractivity contribution in [2.24, 2.45) is 0 Å². The van der Waals surface area contributed by atoms with Crippen LogP contribution in [0.2, 0.25) is 0 Å². The van der Waals surface area contributed by atoms with E-state index in [1.807, 2.05) is 0 Å². The van der Waals surface area contributed by atoms with Crippen molar-refractivity contribution in [3.8, 4) is 0 Å². The van der Waals surface area contributed by atoms with Crippen molar-refractivity contribution in [2.45, 2.75) is 19.4 Å². The molecule has 1 amide bonds. The molecule has 1 aromatic rings. The number of rotatable bonds is 5. The molecule has 0 radical (unpaired) electrons. The molecule has 0 bridgehead atoms. The summed E-state index contributed by atoms with van der Waals surface area (Å²) in [4.78, 5) is 36.7. The number of nitrogens with one attached hydrogen (secondary N) is 1. The number of carbonyl (C=O) groups is 3. The molecular weight excluding hydrogens is 240 g/mol. The van der Waals surface area contributed by atoms with E-state index in [4.69, 9.17) is 10.2 Å². The number of hydrogen-bond donors (Lipinski definition) is 3. The number of aryl methyl sites for hydroxylation is 1. The van der Waals surface area contributed by atoms with Gasteiger partial charge < -0.3 is 15.5 Å². The number of pyridine rings is 1. The zero-order chi connectivity index (χ0) is 13.7. The van der Waals surface area contributed by atoms with E-state index in [0.29, 0.717) is 5.69 Å². The first-order chi connectivity index (χ1) is 8.40. The van der Waals surface area contributed by atoms with Crippen LogP contribution >= 0.6 is 0 Å².